The molecule has 4 rings (SSSR count). The minimum atomic E-state index is -3.68. The molecule has 8 heteroatoms. The lowest BCUT2D eigenvalue weighted by atomic mass is 9.80. The molecule has 1 unspecified atom stereocenters. The number of aromatic nitrogens is 1. The zero-order chi connectivity index (χ0) is 26.6. The molecule has 0 amide bonds. The van der Waals surface area contributed by atoms with E-state index in [-0.39, 0.29) is 6.54 Å². The zero-order valence-corrected chi connectivity index (χ0v) is 22.5. The quantitative estimate of drug-likeness (QED) is 0.485. The van der Waals surface area contributed by atoms with Gasteiger partial charge in [0.25, 0.3) is 0 Å². The van der Waals surface area contributed by atoms with Gasteiger partial charge >= 0.3 is 5.97 Å². The van der Waals surface area contributed by atoms with Gasteiger partial charge in [-0.3, -0.25) is 9.29 Å². The van der Waals surface area contributed by atoms with Gasteiger partial charge in [0.1, 0.15) is 0 Å². The molecule has 0 spiro atoms. The monoisotopic (exact) mass is 508 g/mol. The van der Waals surface area contributed by atoms with Crippen LogP contribution in [-0.4, -0.2) is 36.3 Å². The molecule has 3 aromatic rings. The number of anilines is 1. The third-order valence-corrected chi connectivity index (χ3v) is 7.57. The molecule has 0 fully saturated rings. The summed E-state index contributed by atoms with van der Waals surface area (Å²) in [5.74, 6) is -1.13. The van der Waals surface area contributed by atoms with Gasteiger partial charge in [-0.25, -0.2) is 13.2 Å². The average molecular weight is 509 g/mol. The van der Waals surface area contributed by atoms with Crippen LogP contribution in [-0.2, 0) is 26.1 Å². The molecule has 1 atom stereocenters. The van der Waals surface area contributed by atoms with Gasteiger partial charge in [0.2, 0.25) is 10.0 Å². The smallest absolute Gasteiger partial charge is 0.337 e. The molecule has 7 nitrogen and oxygen atoms in total. The summed E-state index contributed by atoms with van der Waals surface area (Å²) < 4.78 is 33.5. The first kappa shape index (κ1) is 25.9. The number of aliphatic carboxylic acids is 1. The Balaban J connectivity index is 2.20. The van der Waals surface area contributed by atoms with Crippen LogP contribution in [0.25, 0.3) is 22.3 Å². The fourth-order valence-electron chi connectivity index (χ4n) is 4.96. The summed E-state index contributed by atoms with van der Waals surface area (Å²) in [4.78, 5) is 17.0. The third-order valence-electron chi connectivity index (χ3n) is 6.46. The Morgan fingerprint density at radius 1 is 1.06 bits per heavy atom. The summed E-state index contributed by atoms with van der Waals surface area (Å²) in [5.41, 5.74) is 6.59. The average Bonchev–Trinajstić information content (AvgIpc) is 2.78. The van der Waals surface area contributed by atoms with Crippen LogP contribution in [0.3, 0.4) is 0 Å². The number of nitrogens with zero attached hydrogens (tertiary/aromatic N) is 2. The number of rotatable bonds is 5. The topological polar surface area (TPSA) is 96.8 Å². The Hall–Kier alpha value is -3.23. The predicted octanol–water partition coefficient (Wildman–Crippen LogP) is 5.56. The number of aryl methyl sites for hydroxylation is 1. The molecule has 0 saturated heterocycles. The molecule has 0 bridgehead atoms. The summed E-state index contributed by atoms with van der Waals surface area (Å²) in [6.45, 7) is 11.2. The maximum atomic E-state index is 13.0. The molecule has 1 aliphatic rings. The van der Waals surface area contributed by atoms with E-state index in [0.29, 0.717) is 16.8 Å². The van der Waals surface area contributed by atoms with E-state index in [1.807, 2.05) is 44.2 Å². The Morgan fingerprint density at radius 2 is 1.69 bits per heavy atom. The normalized spacial score (nSPS) is 14.2. The van der Waals surface area contributed by atoms with Crippen molar-refractivity contribution in [2.75, 3.05) is 10.6 Å². The van der Waals surface area contributed by atoms with E-state index in [4.69, 9.17) is 4.74 Å². The molecular weight excluding hydrogens is 476 g/mol. The lowest BCUT2D eigenvalue weighted by Crippen LogP contribution is -2.34. The molecular formula is C28H32N2O5S. The maximum Gasteiger partial charge on any atom is 0.337 e. The molecule has 2 heterocycles. The van der Waals surface area contributed by atoms with E-state index in [1.165, 1.54) is 10.6 Å². The second-order valence-electron chi connectivity index (χ2n) is 10.4. The van der Waals surface area contributed by atoms with Crippen LogP contribution >= 0.6 is 0 Å². The Bertz CT molecular complexity index is 1450. The van der Waals surface area contributed by atoms with Crippen molar-refractivity contribution >= 4 is 21.7 Å². The maximum absolute atomic E-state index is 13.0. The van der Waals surface area contributed by atoms with Crippen molar-refractivity contribution in [1.29, 1.82) is 0 Å². The fraction of sp³-hybridized carbons (Fsp3) is 0.357. The molecule has 190 valence electrons. The molecule has 2 aromatic carbocycles. The van der Waals surface area contributed by atoms with Crippen molar-refractivity contribution in [1.82, 2.24) is 4.98 Å². The van der Waals surface area contributed by atoms with Gasteiger partial charge in [0.15, 0.2) is 6.10 Å². The Kier molecular flexibility index (Phi) is 6.47. The number of hydrogen-bond acceptors (Lipinski definition) is 5. The van der Waals surface area contributed by atoms with Crippen LogP contribution in [0, 0.1) is 20.8 Å². The Labute approximate surface area is 212 Å². The third kappa shape index (κ3) is 4.63. The highest BCUT2D eigenvalue weighted by molar-refractivity contribution is 7.92. The number of sulfonamides is 1. The number of hydrogen-bond donors (Lipinski definition) is 1. The summed E-state index contributed by atoms with van der Waals surface area (Å²) in [6.07, 6.45) is 3.27. The second kappa shape index (κ2) is 9.01. The predicted molar refractivity (Wildman–Crippen MR) is 142 cm³/mol. The lowest BCUT2D eigenvalue weighted by Gasteiger charge is -2.37. The lowest BCUT2D eigenvalue weighted by molar-refractivity contribution is -0.160. The highest BCUT2D eigenvalue weighted by Crippen LogP contribution is 2.51. The van der Waals surface area contributed by atoms with Gasteiger partial charge in [0.05, 0.1) is 24.1 Å². The zero-order valence-electron chi connectivity index (χ0n) is 21.7. The largest absolute Gasteiger partial charge is 0.479 e. The van der Waals surface area contributed by atoms with Crippen molar-refractivity contribution in [3.8, 4) is 22.3 Å². The SMILES string of the molecule is Cc1ccc(-c2c(C)c3c(c(C)c2C(OC(C)(C)C)C(=O)O)N(S(C)(=O)=O)Cc2ccncc2-3)cc1. The van der Waals surface area contributed by atoms with Crippen LogP contribution < -0.4 is 4.31 Å². The number of carboxylic acids is 1. The first-order valence-corrected chi connectivity index (χ1v) is 13.6. The molecule has 0 radical (unpaired) electrons. The standard InChI is InChI=1S/C28H32N2O5S/c1-16-8-10-19(11-9-16)22-17(2)23-21-14-29-13-12-20(21)15-30(36(7,33)34)25(23)18(3)24(22)26(27(31)32)35-28(4,5)6/h8-14,26H,15H2,1-7H3,(H,31,32). The van der Waals surface area contributed by atoms with E-state index >= 15 is 0 Å². The summed E-state index contributed by atoms with van der Waals surface area (Å²) in [7, 11) is -3.68. The Morgan fingerprint density at radius 3 is 2.25 bits per heavy atom. The number of carbonyl (C=O) groups is 1. The van der Waals surface area contributed by atoms with E-state index in [0.717, 1.165) is 38.9 Å². The van der Waals surface area contributed by atoms with E-state index < -0.39 is 27.7 Å². The van der Waals surface area contributed by atoms with Crippen molar-refractivity contribution < 1.29 is 23.1 Å². The number of carboxylic acid groups (broad SMARTS) is 1. The molecule has 36 heavy (non-hydrogen) atoms. The van der Waals surface area contributed by atoms with Crippen molar-refractivity contribution in [3.63, 3.8) is 0 Å². The van der Waals surface area contributed by atoms with E-state index in [9.17, 15) is 18.3 Å². The van der Waals surface area contributed by atoms with Crippen LogP contribution in [0.2, 0.25) is 0 Å². The molecule has 1 aliphatic heterocycles. The molecule has 0 aliphatic carbocycles. The highest BCUT2D eigenvalue weighted by Gasteiger charge is 2.38. The summed E-state index contributed by atoms with van der Waals surface area (Å²) in [6, 6.07) is 9.71. The number of fused-ring (bicyclic) bond motifs is 3. The van der Waals surface area contributed by atoms with Crippen LogP contribution in [0.15, 0.2) is 42.7 Å². The minimum absolute atomic E-state index is 0.144. The van der Waals surface area contributed by atoms with Crippen LogP contribution in [0.5, 0.6) is 0 Å². The number of benzene rings is 2. The van der Waals surface area contributed by atoms with Gasteiger partial charge in [-0.15, -0.1) is 0 Å². The number of pyridine rings is 1. The summed E-state index contributed by atoms with van der Waals surface area (Å²) >= 11 is 0. The highest BCUT2D eigenvalue weighted by atomic mass is 32.2. The van der Waals surface area contributed by atoms with Gasteiger partial charge in [0, 0.05) is 29.1 Å². The number of ether oxygens (including phenoxy) is 1. The minimum Gasteiger partial charge on any atom is -0.479 e. The molecule has 1 N–H and O–H groups in total. The van der Waals surface area contributed by atoms with Gasteiger partial charge < -0.3 is 9.84 Å². The van der Waals surface area contributed by atoms with Crippen LogP contribution in [0.4, 0.5) is 5.69 Å². The second-order valence-corrected chi connectivity index (χ2v) is 12.3. The molecule has 0 saturated carbocycles. The van der Waals surface area contributed by atoms with E-state index in [1.54, 1.807) is 40.1 Å². The van der Waals surface area contributed by atoms with Gasteiger partial charge in [-0.2, -0.15) is 0 Å². The van der Waals surface area contributed by atoms with Crippen molar-refractivity contribution in [3.05, 3.63) is 70.5 Å². The molecule has 1 aromatic heterocycles. The van der Waals surface area contributed by atoms with Crippen molar-refractivity contribution in [2.45, 2.75) is 59.8 Å². The first-order chi connectivity index (χ1) is 16.7. The van der Waals surface area contributed by atoms with Crippen LogP contribution in [0.1, 0.15) is 54.7 Å². The van der Waals surface area contributed by atoms with Crippen molar-refractivity contribution in [2.24, 2.45) is 0 Å². The van der Waals surface area contributed by atoms with Gasteiger partial charge in [-0.05, 0) is 75.4 Å². The summed E-state index contributed by atoms with van der Waals surface area (Å²) in [5, 5.41) is 10.3. The van der Waals surface area contributed by atoms with E-state index in [2.05, 4.69) is 4.98 Å². The first-order valence-electron chi connectivity index (χ1n) is 11.8. The fourth-order valence-corrected chi connectivity index (χ4v) is 5.89. The van der Waals surface area contributed by atoms with Gasteiger partial charge in [-0.1, -0.05) is 29.8 Å².